The number of aromatic nitrogens is 2. The number of hydrogen-bond donors (Lipinski definition) is 1. The predicted octanol–water partition coefficient (Wildman–Crippen LogP) is 5.99. The molecule has 7 nitrogen and oxygen atoms in total. The van der Waals surface area contributed by atoms with Crippen LogP contribution in [-0.4, -0.2) is 43.2 Å². The van der Waals surface area contributed by atoms with Crippen LogP contribution in [0.25, 0.3) is 28.0 Å². The Labute approximate surface area is 234 Å². The molecule has 0 atom stereocenters. The second kappa shape index (κ2) is 12.4. The van der Waals surface area contributed by atoms with Crippen molar-refractivity contribution >= 4 is 11.6 Å². The molecule has 0 aliphatic rings. The summed E-state index contributed by atoms with van der Waals surface area (Å²) in [4.78, 5) is 17.9. The quantitative estimate of drug-likeness (QED) is 0.225. The standard InChI is InChI=1S/C33H33N3O4/c1-38-27-13-10-25(11-14-27)33-28(36-22-26(12-17-31(36)35-33)24-7-5-4-6-8-24)15-18-32(37)34-20-19-23-9-16-29(39-2)30(21-23)40-3/h4-14,16-17,21-22H,15,18-20H2,1-3H3,(H,34,37). The Morgan fingerprint density at radius 1 is 0.775 bits per heavy atom. The second-order valence-electron chi connectivity index (χ2n) is 9.44. The number of imidazole rings is 1. The summed E-state index contributed by atoms with van der Waals surface area (Å²) in [6.07, 6.45) is 3.69. The van der Waals surface area contributed by atoms with E-state index in [-0.39, 0.29) is 5.91 Å². The van der Waals surface area contributed by atoms with Crippen LogP contribution in [0.5, 0.6) is 17.2 Å². The molecule has 2 heterocycles. The Balaban J connectivity index is 1.34. The third kappa shape index (κ3) is 5.94. The average molecular weight is 536 g/mol. The lowest BCUT2D eigenvalue weighted by molar-refractivity contribution is -0.121. The van der Waals surface area contributed by atoms with Crippen molar-refractivity contribution in [3.05, 3.63) is 102 Å². The van der Waals surface area contributed by atoms with Gasteiger partial charge in [0.1, 0.15) is 11.4 Å². The summed E-state index contributed by atoms with van der Waals surface area (Å²) in [5.41, 5.74) is 6.97. The van der Waals surface area contributed by atoms with Gasteiger partial charge in [-0.2, -0.15) is 0 Å². The van der Waals surface area contributed by atoms with Crippen LogP contribution >= 0.6 is 0 Å². The Morgan fingerprint density at radius 2 is 1.52 bits per heavy atom. The normalized spacial score (nSPS) is 10.9. The molecule has 204 valence electrons. The van der Waals surface area contributed by atoms with Crippen LogP contribution in [0, 0.1) is 0 Å². The maximum absolute atomic E-state index is 12.9. The maximum atomic E-state index is 12.9. The molecular weight excluding hydrogens is 502 g/mol. The van der Waals surface area contributed by atoms with Gasteiger partial charge in [-0.25, -0.2) is 4.98 Å². The molecular formula is C33H33N3O4. The van der Waals surface area contributed by atoms with Gasteiger partial charge < -0.3 is 23.9 Å². The van der Waals surface area contributed by atoms with E-state index in [4.69, 9.17) is 19.2 Å². The van der Waals surface area contributed by atoms with E-state index in [1.807, 2.05) is 66.7 Å². The number of benzene rings is 3. The monoisotopic (exact) mass is 535 g/mol. The number of fused-ring (bicyclic) bond motifs is 1. The van der Waals surface area contributed by atoms with Crippen LogP contribution in [0.4, 0.5) is 0 Å². The van der Waals surface area contributed by atoms with Crippen molar-refractivity contribution < 1.29 is 19.0 Å². The number of methoxy groups -OCH3 is 3. The molecule has 5 rings (SSSR count). The zero-order valence-electron chi connectivity index (χ0n) is 23.0. The molecule has 0 aliphatic heterocycles. The average Bonchev–Trinajstić information content (AvgIpc) is 3.38. The summed E-state index contributed by atoms with van der Waals surface area (Å²) in [5, 5.41) is 3.06. The predicted molar refractivity (Wildman–Crippen MR) is 157 cm³/mol. The number of pyridine rings is 1. The van der Waals surface area contributed by atoms with Gasteiger partial charge in [-0.3, -0.25) is 4.79 Å². The first kappa shape index (κ1) is 26.8. The van der Waals surface area contributed by atoms with E-state index in [1.165, 1.54) is 0 Å². The van der Waals surface area contributed by atoms with Crippen LogP contribution in [0.1, 0.15) is 17.7 Å². The number of nitrogens with one attached hydrogen (secondary N) is 1. The molecule has 3 aromatic carbocycles. The minimum absolute atomic E-state index is 0.00433. The van der Waals surface area contributed by atoms with Gasteiger partial charge in [0, 0.05) is 24.7 Å². The van der Waals surface area contributed by atoms with Crippen LogP contribution in [0.15, 0.2) is 91.1 Å². The molecule has 0 saturated carbocycles. The van der Waals surface area contributed by atoms with E-state index in [1.54, 1.807) is 21.3 Å². The summed E-state index contributed by atoms with van der Waals surface area (Å²) in [5.74, 6) is 2.15. The van der Waals surface area contributed by atoms with Crippen molar-refractivity contribution in [1.29, 1.82) is 0 Å². The highest BCUT2D eigenvalue weighted by Gasteiger charge is 2.16. The first-order valence-electron chi connectivity index (χ1n) is 13.3. The van der Waals surface area contributed by atoms with Crippen LogP contribution in [0.3, 0.4) is 0 Å². The first-order chi connectivity index (χ1) is 19.6. The van der Waals surface area contributed by atoms with E-state index in [9.17, 15) is 4.79 Å². The summed E-state index contributed by atoms with van der Waals surface area (Å²) >= 11 is 0. The van der Waals surface area contributed by atoms with E-state index < -0.39 is 0 Å². The number of nitrogens with zero attached hydrogens (tertiary/aromatic N) is 2. The lowest BCUT2D eigenvalue weighted by Crippen LogP contribution is -2.26. The van der Waals surface area contributed by atoms with Crippen LogP contribution in [0.2, 0.25) is 0 Å². The summed E-state index contributed by atoms with van der Waals surface area (Å²) in [6, 6.07) is 28.0. The Morgan fingerprint density at radius 3 is 2.25 bits per heavy atom. The molecule has 1 amide bonds. The van der Waals surface area contributed by atoms with Crippen molar-refractivity contribution in [2.75, 3.05) is 27.9 Å². The molecule has 1 N–H and O–H groups in total. The van der Waals surface area contributed by atoms with Gasteiger partial charge in [-0.05, 0) is 78.1 Å². The van der Waals surface area contributed by atoms with E-state index in [2.05, 4.69) is 34.1 Å². The third-order valence-corrected chi connectivity index (χ3v) is 6.96. The molecule has 40 heavy (non-hydrogen) atoms. The fourth-order valence-electron chi connectivity index (χ4n) is 4.82. The number of rotatable bonds is 11. The van der Waals surface area contributed by atoms with E-state index in [0.29, 0.717) is 37.3 Å². The Hall–Kier alpha value is -4.78. The fraction of sp³-hybridized carbons (Fsp3) is 0.212. The van der Waals surface area contributed by atoms with Crippen molar-refractivity contribution in [3.63, 3.8) is 0 Å². The number of ether oxygens (including phenoxy) is 3. The fourth-order valence-corrected chi connectivity index (χ4v) is 4.82. The van der Waals surface area contributed by atoms with E-state index >= 15 is 0 Å². The molecule has 2 aromatic heterocycles. The summed E-state index contributed by atoms with van der Waals surface area (Å²) in [6.45, 7) is 0.533. The number of carbonyl (C=O) groups excluding carboxylic acids is 1. The lowest BCUT2D eigenvalue weighted by atomic mass is 10.1. The molecule has 7 heteroatoms. The smallest absolute Gasteiger partial charge is 0.220 e. The summed E-state index contributed by atoms with van der Waals surface area (Å²) < 4.78 is 18.1. The third-order valence-electron chi connectivity index (χ3n) is 6.96. The van der Waals surface area contributed by atoms with Crippen molar-refractivity contribution in [2.45, 2.75) is 19.3 Å². The van der Waals surface area contributed by atoms with Gasteiger partial charge in [0.05, 0.1) is 32.7 Å². The molecule has 0 saturated heterocycles. The van der Waals surface area contributed by atoms with Gasteiger partial charge in [0.15, 0.2) is 11.5 Å². The molecule has 0 fully saturated rings. The molecule has 0 aliphatic carbocycles. The lowest BCUT2D eigenvalue weighted by Gasteiger charge is -2.11. The molecule has 0 spiro atoms. The Bertz CT molecular complexity index is 1590. The van der Waals surface area contributed by atoms with Gasteiger partial charge >= 0.3 is 0 Å². The minimum atomic E-state index is -0.00433. The second-order valence-corrected chi connectivity index (χ2v) is 9.44. The van der Waals surface area contributed by atoms with Gasteiger partial charge in [0.2, 0.25) is 5.91 Å². The minimum Gasteiger partial charge on any atom is -0.497 e. The molecule has 0 radical (unpaired) electrons. The zero-order chi connectivity index (χ0) is 27.9. The first-order valence-corrected chi connectivity index (χ1v) is 13.3. The largest absolute Gasteiger partial charge is 0.497 e. The molecule has 5 aromatic rings. The highest BCUT2D eigenvalue weighted by molar-refractivity contribution is 5.77. The Kier molecular flexibility index (Phi) is 8.30. The van der Waals surface area contributed by atoms with Crippen molar-refractivity contribution in [3.8, 4) is 39.6 Å². The van der Waals surface area contributed by atoms with Crippen molar-refractivity contribution in [1.82, 2.24) is 14.7 Å². The van der Waals surface area contributed by atoms with Gasteiger partial charge in [-0.1, -0.05) is 36.4 Å². The number of aryl methyl sites for hydroxylation is 1. The number of carbonyl (C=O) groups is 1. The molecule has 0 bridgehead atoms. The highest BCUT2D eigenvalue weighted by Crippen LogP contribution is 2.30. The van der Waals surface area contributed by atoms with Gasteiger partial charge in [-0.15, -0.1) is 0 Å². The number of hydrogen-bond acceptors (Lipinski definition) is 5. The SMILES string of the molecule is COc1ccc(-c2nc3ccc(-c4ccccc4)cn3c2CCC(=O)NCCc2ccc(OC)c(OC)c2)cc1. The highest BCUT2D eigenvalue weighted by atomic mass is 16.5. The van der Waals surface area contributed by atoms with Crippen LogP contribution < -0.4 is 19.5 Å². The topological polar surface area (TPSA) is 74.1 Å². The zero-order valence-corrected chi connectivity index (χ0v) is 23.0. The maximum Gasteiger partial charge on any atom is 0.220 e. The van der Waals surface area contributed by atoms with E-state index in [0.717, 1.165) is 45.0 Å². The van der Waals surface area contributed by atoms with Crippen LogP contribution in [-0.2, 0) is 17.6 Å². The van der Waals surface area contributed by atoms with Gasteiger partial charge in [0.25, 0.3) is 0 Å². The summed E-state index contributed by atoms with van der Waals surface area (Å²) in [7, 11) is 4.89. The molecule has 0 unspecified atom stereocenters. The number of amides is 1. The van der Waals surface area contributed by atoms with Crippen molar-refractivity contribution in [2.24, 2.45) is 0 Å².